The van der Waals surface area contributed by atoms with Gasteiger partial charge in [-0.05, 0) is 25.7 Å². The minimum Gasteiger partial charge on any atom is -0.270 e. The Morgan fingerprint density at radius 1 is 0.650 bits per heavy atom. The first-order chi connectivity index (χ1) is 9.33. The molecule has 0 aliphatic heterocycles. The van der Waals surface area contributed by atoms with Gasteiger partial charge in [0.05, 0.1) is 24.7 Å². The molecule has 0 radical (unpaired) electrons. The van der Waals surface area contributed by atoms with Crippen LogP contribution < -0.4 is 0 Å². The van der Waals surface area contributed by atoms with Gasteiger partial charge < -0.3 is 0 Å². The van der Waals surface area contributed by atoms with Crippen LogP contribution in [-0.4, -0.2) is 41.6 Å². The highest BCUT2D eigenvalue weighted by Crippen LogP contribution is 2.04. The molecule has 0 aromatic heterocycles. The van der Waals surface area contributed by atoms with Crippen molar-refractivity contribution in [3.63, 3.8) is 0 Å². The lowest BCUT2D eigenvalue weighted by molar-refractivity contribution is 0.270. The van der Waals surface area contributed by atoms with E-state index in [1.165, 1.54) is 0 Å². The lowest BCUT2D eigenvalue weighted by Gasteiger charge is -2.06. The maximum atomic E-state index is 11.4. The molecule has 0 aliphatic rings. The molecule has 0 amide bonds. The predicted molar refractivity (Wildman–Crippen MR) is 78.5 cm³/mol. The summed E-state index contributed by atoms with van der Waals surface area (Å²) in [6.45, 7) is 3.96. The maximum Gasteiger partial charge on any atom is 0.267 e. The number of hydrogen-bond donors (Lipinski definition) is 0. The van der Waals surface area contributed by atoms with Gasteiger partial charge in [0, 0.05) is 0 Å². The Bertz CT molecular complexity index is 385. The van der Waals surface area contributed by atoms with Crippen LogP contribution in [0.15, 0.2) is 0 Å². The normalized spacial score (nSPS) is 12.7. The summed E-state index contributed by atoms with van der Waals surface area (Å²) in [6, 6.07) is 0. The van der Waals surface area contributed by atoms with E-state index < -0.39 is 20.2 Å². The second-order valence-corrected chi connectivity index (χ2v) is 8.10. The number of unbranched alkanes of at least 4 members (excludes halogenated alkanes) is 3. The van der Waals surface area contributed by atoms with Crippen molar-refractivity contribution in [3.05, 3.63) is 0 Å². The zero-order chi connectivity index (χ0) is 15.5. The van der Waals surface area contributed by atoms with E-state index in [1.807, 2.05) is 13.8 Å². The van der Waals surface area contributed by atoms with Crippen LogP contribution in [0.5, 0.6) is 0 Å². The molecule has 0 rings (SSSR count). The van der Waals surface area contributed by atoms with Gasteiger partial charge in [-0.2, -0.15) is 16.8 Å². The fraction of sp³-hybridized carbons (Fsp3) is 1.00. The first-order valence-corrected chi connectivity index (χ1v) is 10.2. The zero-order valence-electron chi connectivity index (χ0n) is 12.3. The van der Waals surface area contributed by atoms with Crippen molar-refractivity contribution in [1.82, 2.24) is 0 Å². The molecule has 0 bridgehead atoms. The summed E-state index contributed by atoms with van der Waals surface area (Å²) < 4.78 is 55.0. The second kappa shape index (κ2) is 10.5. The van der Waals surface area contributed by atoms with Gasteiger partial charge in [-0.3, -0.25) is 8.37 Å². The maximum absolute atomic E-state index is 11.4. The van der Waals surface area contributed by atoms with E-state index in [4.69, 9.17) is 8.37 Å². The molecular weight excluding hydrogens is 304 g/mol. The molecule has 0 unspecified atom stereocenters. The first kappa shape index (κ1) is 19.8. The molecule has 0 heterocycles. The second-order valence-electron chi connectivity index (χ2n) is 4.58. The number of rotatable bonds is 13. The summed E-state index contributed by atoms with van der Waals surface area (Å²) in [5.74, 6) is 0.0663. The monoisotopic (exact) mass is 330 g/mol. The Morgan fingerprint density at radius 3 is 1.30 bits per heavy atom. The minimum absolute atomic E-state index is 0.0331. The fourth-order valence-corrected chi connectivity index (χ4v) is 3.60. The van der Waals surface area contributed by atoms with Gasteiger partial charge in [-0.15, -0.1) is 0 Å². The Kier molecular flexibility index (Phi) is 10.4. The van der Waals surface area contributed by atoms with Gasteiger partial charge in [-0.1, -0.05) is 26.7 Å². The molecule has 0 saturated heterocycles. The molecule has 0 aromatic rings. The highest BCUT2D eigenvalue weighted by Gasteiger charge is 2.11. The van der Waals surface area contributed by atoms with E-state index >= 15 is 0 Å². The van der Waals surface area contributed by atoms with Crippen molar-refractivity contribution in [2.24, 2.45) is 0 Å². The molecule has 0 atom stereocenters. The van der Waals surface area contributed by atoms with Crippen LogP contribution in [0.2, 0.25) is 0 Å². The largest absolute Gasteiger partial charge is 0.270 e. The third-order valence-electron chi connectivity index (χ3n) is 2.56. The SMILES string of the molecule is CCCCS(=O)(=O)OCCCCOS(=O)(=O)CCCC. The standard InChI is InChI=1S/C12H26O6S2/c1-3-5-11-19(13,14)17-9-7-8-10-18-20(15,16)12-6-4-2/h3-12H2,1-2H3. The number of hydrogen-bond acceptors (Lipinski definition) is 6. The lowest BCUT2D eigenvalue weighted by Crippen LogP contribution is -2.13. The summed E-state index contributed by atoms with van der Waals surface area (Å²) in [6.07, 6.45) is 3.67. The summed E-state index contributed by atoms with van der Waals surface area (Å²) in [5, 5.41) is 0. The first-order valence-electron chi connectivity index (χ1n) is 7.07. The molecule has 6 nitrogen and oxygen atoms in total. The molecule has 0 aromatic carbocycles. The smallest absolute Gasteiger partial charge is 0.267 e. The molecule has 0 spiro atoms. The highest BCUT2D eigenvalue weighted by molar-refractivity contribution is 7.86. The van der Waals surface area contributed by atoms with Gasteiger partial charge in [0.25, 0.3) is 20.2 Å². The van der Waals surface area contributed by atoms with E-state index in [9.17, 15) is 16.8 Å². The van der Waals surface area contributed by atoms with E-state index in [-0.39, 0.29) is 24.7 Å². The molecule has 8 heteroatoms. The van der Waals surface area contributed by atoms with Crippen molar-refractivity contribution >= 4 is 20.2 Å². The van der Waals surface area contributed by atoms with Crippen molar-refractivity contribution < 1.29 is 25.2 Å². The van der Waals surface area contributed by atoms with Crippen molar-refractivity contribution in [1.29, 1.82) is 0 Å². The molecule has 0 aliphatic carbocycles. The van der Waals surface area contributed by atoms with Gasteiger partial charge in [0.1, 0.15) is 0 Å². The van der Waals surface area contributed by atoms with Crippen molar-refractivity contribution in [2.75, 3.05) is 24.7 Å². The fourth-order valence-electron chi connectivity index (χ4n) is 1.34. The summed E-state index contributed by atoms with van der Waals surface area (Å²) in [5.41, 5.74) is 0. The van der Waals surface area contributed by atoms with E-state index in [1.54, 1.807) is 0 Å². The summed E-state index contributed by atoms with van der Waals surface area (Å²) in [7, 11) is -6.86. The topological polar surface area (TPSA) is 86.7 Å². The van der Waals surface area contributed by atoms with Crippen LogP contribution in [0.25, 0.3) is 0 Å². The van der Waals surface area contributed by atoms with E-state index in [0.29, 0.717) is 25.7 Å². The lowest BCUT2D eigenvalue weighted by atomic mass is 10.3. The molecule has 20 heavy (non-hydrogen) atoms. The van der Waals surface area contributed by atoms with E-state index in [0.717, 1.165) is 12.8 Å². The molecule has 122 valence electrons. The molecule has 0 N–H and O–H groups in total. The quantitative estimate of drug-likeness (QED) is 0.379. The van der Waals surface area contributed by atoms with Gasteiger partial charge in [-0.25, -0.2) is 0 Å². The summed E-state index contributed by atoms with van der Waals surface area (Å²) >= 11 is 0. The molecule has 0 saturated carbocycles. The van der Waals surface area contributed by atoms with Crippen LogP contribution in [-0.2, 0) is 28.6 Å². The van der Waals surface area contributed by atoms with Crippen LogP contribution in [0.4, 0.5) is 0 Å². The van der Waals surface area contributed by atoms with Crippen LogP contribution in [0.3, 0.4) is 0 Å². The average molecular weight is 330 g/mol. The van der Waals surface area contributed by atoms with Gasteiger partial charge in [0.2, 0.25) is 0 Å². The molecule has 0 fully saturated rings. The van der Waals surface area contributed by atoms with Crippen molar-refractivity contribution in [3.8, 4) is 0 Å². The Balaban J connectivity index is 3.67. The molecular formula is C12H26O6S2. The third-order valence-corrected chi connectivity index (χ3v) is 5.19. The average Bonchev–Trinajstić information content (AvgIpc) is 2.38. The Labute approximate surface area is 123 Å². The van der Waals surface area contributed by atoms with Gasteiger partial charge >= 0.3 is 0 Å². The van der Waals surface area contributed by atoms with Crippen LogP contribution in [0, 0.1) is 0 Å². The minimum atomic E-state index is -3.43. The van der Waals surface area contributed by atoms with Gasteiger partial charge in [0.15, 0.2) is 0 Å². The van der Waals surface area contributed by atoms with Crippen LogP contribution in [0.1, 0.15) is 52.4 Å². The Morgan fingerprint density at radius 2 is 1.00 bits per heavy atom. The highest BCUT2D eigenvalue weighted by atomic mass is 32.2. The predicted octanol–water partition coefficient (Wildman–Crippen LogP) is 2.06. The van der Waals surface area contributed by atoms with Crippen molar-refractivity contribution in [2.45, 2.75) is 52.4 Å². The summed E-state index contributed by atoms with van der Waals surface area (Å²) in [4.78, 5) is 0. The van der Waals surface area contributed by atoms with E-state index in [2.05, 4.69) is 0 Å². The third kappa shape index (κ3) is 11.6. The zero-order valence-corrected chi connectivity index (χ0v) is 14.0. The van der Waals surface area contributed by atoms with Crippen LogP contribution >= 0.6 is 0 Å². The Hall–Kier alpha value is -0.180.